The zero-order chi connectivity index (χ0) is 20.8. The summed E-state index contributed by atoms with van der Waals surface area (Å²) in [6.45, 7) is 4.08. The van der Waals surface area contributed by atoms with E-state index in [0.29, 0.717) is 22.7 Å². The summed E-state index contributed by atoms with van der Waals surface area (Å²) in [4.78, 5) is 13.3. The third-order valence-corrected chi connectivity index (χ3v) is 5.26. The molecule has 0 atom stereocenters. The number of hydrogen-bond donors (Lipinski definition) is 2. The SMILES string of the molecule is CCc1cc(Oc2ccc(NSc3ccc(C)cc3)c(C(=O)OC)c2)ccc1N. The van der Waals surface area contributed by atoms with Crippen molar-refractivity contribution in [2.75, 3.05) is 17.6 Å². The van der Waals surface area contributed by atoms with Crippen LogP contribution in [0.4, 0.5) is 11.4 Å². The average Bonchev–Trinajstić information content (AvgIpc) is 2.74. The molecular weight excluding hydrogens is 384 g/mol. The van der Waals surface area contributed by atoms with E-state index >= 15 is 0 Å². The van der Waals surface area contributed by atoms with E-state index in [1.807, 2.05) is 62.4 Å². The van der Waals surface area contributed by atoms with E-state index in [0.717, 1.165) is 22.6 Å². The van der Waals surface area contributed by atoms with Crippen LogP contribution in [0.15, 0.2) is 65.6 Å². The zero-order valence-corrected chi connectivity index (χ0v) is 17.5. The van der Waals surface area contributed by atoms with Gasteiger partial charge < -0.3 is 19.9 Å². The molecule has 5 nitrogen and oxygen atoms in total. The standard InChI is InChI=1S/C23H24N2O3S/c1-4-16-13-17(7-11-21(16)24)28-18-8-12-22(20(14-18)23(26)27-3)25-29-19-9-5-15(2)6-10-19/h5-14,25H,4,24H2,1-3H3. The van der Waals surface area contributed by atoms with E-state index in [1.54, 1.807) is 12.1 Å². The van der Waals surface area contributed by atoms with Gasteiger partial charge in [-0.05, 0) is 79.4 Å². The lowest BCUT2D eigenvalue weighted by Gasteiger charge is -2.13. The zero-order valence-electron chi connectivity index (χ0n) is 16.7. The number of anilines is 2. The molecule has 0 saturated carbocycles. The molecule has 0 aromatic heterocycles. The van der Waals surface area contributed by atoms with Crippen LogP contribution in [0.25, 0.3) is 0 Å². The van der Waals surface area contributed by atoms with Gasteiger partial charge in [0.25, 0.3) is 0 Å². The number of carbonyl (C=O) groups is 1. The number of aryl methyl sites for hydroxylation is 2. The van der Waals surface area contributed by atoms with Crippen LogP contribution in [-0.2, 0) is 11.2 Å². The van der Waals surface area contributed by atoms with Crippen LogP contribution in [0, 0.1) is 6.92 Å². The summed E-state index contributed by atoms with van der Waals surface area (Å²) in [5.74, 6) is 0.777. The van der Waals surface area contributed by atoms with Gasteiger partial charge in [-0.3, -0.25) is 0 Å². The predicted molar refractivity (Wildman–Crippen MR) is 119 cm³/mol. The number of benzene rings is 3. The second-order valence-electron chi connectivity index (χ2n) is 6.53. The van der Waals surface area contributed by atoms with Crippen molar-refractivity contribution < 1.29 is 14.3 Å². The van der Waals surface area contributed by atoms with Crippen LogP contribution in [0.1, 0.15) is 28.4 Å². The van der Waals surface area contributed by atoms with Gasteiger partial charge in [-0.15, -0.1) is 0 Å². The van der Waals surface area contributed by atoms with Crippen molar-refractivity contribution in [2.45, 2.75) is 25.2 Å². The Labute approximate surface area is 175 Å². The van der Waals surface area contributed by atoms with Crippen LogP contribution in [0.2, 0.25) is 0 Å². The van der Waals surface area contributed by atoms with Gasteiger partial charge in [-0.25, -0.2) is 4.79 Å². The third-order valence-electron chi connectivity index (χ3n) is 4.43. The maximum Gasteiger partial charge on any atom is 0.340 e. The normalized spacial score (nSPS) is 10.4. The monoisotopic (exact) mass is 408 g/mol. The minimum Gasteiger partial charge on any atom is -0.465 e. The Hall–Kier alpha value is -3.12. The number of esters is 1. The van der Waals surface area contributed by atoms with Crippen molar-refractivity contribution in [3.63, 3.8) is 0 Å². The van der Waals surface area contributed by atoms with Crippen molar-refractivity contribution >= 4 is 29.3 Å². The summed E-state index contributed by atoms with van der Waals surface area (Å²) >= 11 is 1.43. The molecule has 0 aliphatic rings. The largest absolute Gasteiger partial charge is 0.465 e. The van der Waals surface area contributed by atoms with Crippen LogP contribution in [0.5, 0.6) is 11.5 Å². The van der Waals surface area contributed by atoms with Gasteiger partial charge in [0.2, 0.25) is 0 Å². The number of rotatable bonds is 7. The van der Waals surface area contributed by atoms with Crippen LogP contribution in [0.3, 0.4) is 0 Å². The highest BCUT2D eigenvalue weighted by atomic mass is 32.2. The molecule has 3 rings (SSSR count). The molecule has 0 spiro atoms. The van der Waals surface area contributed by atoms with Crippen molar-refractivity contribution in [3.8, 4) is 11.5 Å². The van der Waals surface area contributed by atoms with Crippen LogP contribution >= 0.6 is 11.9 Å². The van der Waals surface area contributed by atoms with E-state index < -0.39 is 5.97 Å². The van der Waals surface area contributed by atoms with E-state index in [4.69, 9.17) is 15.2 Å². The van der Waals surface area contributed by atoms with Gasteiger partial charge in [0, 0.05) is 10.6 Å². The fraction of sp³-hybridized carbons (Fsp3) is 0.174. The molecule has 0 bridgehead atoms. The number of nitrogens with one attached hydrogen (secondary N) is 1. The van der Waals surface area contributed by atoms with Crippen LogP contribution in [-0.4, -0.2) is 13.1 Å². The highest BCUT2D eigenvalue weighted by Gasteiger charge is 2.14. The Morgan fingerprint density at radius 3 is 2.41 bits per heavy atom. The summed E-state index contributed by atoms with van der Waals surface area (Å²) in [7, 11) is 1.36. The Morgan fingerprint density at radius 2 is 1.72 bits per heavy atom. The van der Waals surface area contributed by atoms with E-state index in [1.165, 1.54) is 24.6 Å². The first-order valence-electron chi connectivity index (χ1n) is 9.28. The predicted octanol–water partition coefficient (Wildman–Crippen LogP) is 5.84. The molecule has 3 aromatic rings. The molecule has 150 valence electrons. The first-order chi connectivity index (χ1) is 14.0. The van der Waals surface area contributed by atoms with Gasteiger partial charge in [-0.2, -0.15) is 0 Å². The molecule has 3 N–H and O–H groups in total. The van der Waals surface area contributed by atoms with Gasteiger partial charge in [0.15, 0.2) is 0 Å². The van der Waals surface area contributed by atoms with Gasteiger partial charge in [0.05, 0.1) is 18.4 Å². The molecule has 0 unspecified atom stereocenters. The van der Waals surface area contributed by atoms with Crippen molar-refractivity contribution in [2.24, 2.45) is 0 Å². The van der Waals surface area contributed by atoms with Gasteiger partial charge in [-0.1, -0.05) is 24.6 Å². The third kappa shape index (κ3) is 5.23. The second-order valence-corrected chi connectivity index (χ2v) is 7.41. The second kappa shape index (κ2) is 9.39. The summed E-state index contributed by atoms with van der Waals surface area (Å²) < 4.78 is 14.1. The fourth-order valence-electron chi connectivity index (χ4n) is 2.76. The van der Waals surface area contributed by atoms with Gasteiger partial charge >= 0.3 is 5.97 Å². The minimum atomic E-state index is -0.436. The minimum absolute atomic E-state index is 0.399. The molecule has 29 heavy (non-hydrogen) atoms. The van der Waals surface area contributed by atoms with Crippen LogP contribution < -0.4 is 15.2 Å². The molecule has 0 fully saturated rings. The number of hydrogen-bond acceptors (Lipinski definition) is 6. The number of methoxy groups -OCH3 is 1. The van der Waals surface area contributed by atoms with E-state index in [9.17, 15) is 4.79 Å². The summed E-state index contributed by atoms with van der Waals surface area (Å²) in [6, 6.07) is 19.0. The Bertz CT molecular complexity index is 1000. The Morgan fingerprint density at radius 1 is 1.03 bits per heavy atom. The van der Waals surface area contributed by atoms with E-state index in [2.05, 4.69) is 4.72 Å². The molecule has 0 aliphatic carbocycles. The molecule has 0 amide bonds. The first-order valence-corrected chi connectivity index (χ1v) is 10.1. The summed E-state index contributed by atoms with van der Waals surface area (Å²) in [5.41, 5.74) is 9.96. The molecular formula is C23H24N2O3S. The molecule has 0 radical (unpaired) electrons. The Kier molecular flexibility index (Phi) is 6.67. The van der Waals surface area contributed by atoms with E-state index in [-0.39, 0.29) is 0 Å². The molecule has 3 aromatic carbocycles. The first kappa shape index (κ1) is 20.6. The number of nitrogen functional groups attached to an aromatic ring is 1. The lowest BCUT2D eigenvalue weighted by atomic mass is 10.1. The maximum absolute atomic E-state index is 12.3. The number of ether oxygens (including phenoxy) is 2. The summed E-state index contributed by atoms with van der Waals surface area (Å²) in [5, 5.41) is 0. The lowest BCUT2D eigenvalue weighted by molar-refractivity contribution is 0.0601. The smallest absolute Gasteiger partial charge is 0.340 e. The average molecular weight is 409 g/mol. The molecule has 6 heteroatoms. The summed E-state index contributed by atoms with van der Waals surface area (Å²) in [6.07, 6.45) is 0.815. The van der Waals surface area contributed by atoms with Crippen molar-refractivity contribution in [3.05, 3.63) is 77.4 Å². The quantitative estimate of drug-likeness (QED) is 0.291. The maximum atomic E-state index is 12.3. The highest BCUT2D eigenvalue weighted by Crippen LogP contribution is 2.31. The molecule has 0 heterocycles. The molecule has 0 saturated heterocycles. The lowest BCUT2D eigenvalue weighted by Crippen LogP contribution is -2.05. The topological polar surface area (TPSA) is 73.6 Å². The van der Waals surface area contributed by atoms with Gasteiger partial charge in [0.1, 0.15) is 11.5 Å². The highest BCUT2D eigenvalue weighted by molar-refractivity contribution is 8.00. The number of nitrogens with two attached hydrogens (primary N) is 1. The fourth-order valence-corrected chi connectivity index (χ4v) is 3.44. The molecule has 0 aliphatic heterocycles. The van der Waals surface area contributed by atoms with Crippen molar-refractivity contribution in [1.82, 2.24) is 0 Å². The van der Waals surface area contributed by atoms with Crippen molar-refractivity contribution in [1.29, 1.82) is 0 Å². The Balaban J connectivity index is 1.81. The number of carbonyl (C=O) groups excluding carboxylic acids is 1.